The third-order valence-electron chi connectivity index (χ3n) is 6.57. The van der Waals surface area contributed by atoms with Crippen LogP contribution in [0.1, 0.15) is 29.9 Å². The Bertz CT molecular complexity index is 1280. The molecule has 1 saturated heterocycles. The van der Waals surface area contributed by atoms with E-state index in [0.29, 0.717) is 13.1 Å². The van der Waals surface area contributed by atoms with Gasteiger partial charge in [-0.1, -0.05) is 54.6 Å². The zero-order valence-corrected chi connectivity index (χ0v) is 18.2. The lowest BCUT2D eigenvalue weighted by Gasteiger charge is -2.36. The zero-order valence-electron chi connectivity index (χ0n) is 18.2. The molecule has 0 spiro atoms. The van der Waals surface area contributed by atoms with Gasteiger partial charge in [0.2, 0.25) is 5.91 Å². The van der Waals surface area contributed by atoms with Gasteiger partial charge in [-0.25, -0.2) is 0 Å². The quantitative estimate of drug-likeness (QED) is 0.423. The van der Waals surface area contributed by atoms with Crippen LogP contribution in [0.15, 0.2) is 85.1 Å². The second-order valence-corrected chi connectivity index (χ2v) is 8.58. The molecule has 0 radical (unpaired) electrons. The number of carbonyl (C=O) groups is 1. The molecule has 5 nitrogen and oxygen atoms in total. The summed E-state index contributed by atoms with van der Waals surface area (Å²) in [7, 11) is 0. The van der Waals surface area contributed by atoms with Gasteiger partial charge in [0.1, 0.15) is 28.9 Å². The number of nitrogens with zero attached hydrogens (tertiary/aromatic N) is 2. The molecule has 1 amide bonds. The van der Waals surface area contributed by atoms with Crippen molar-refractivity contribution < 1.29 is 14.3 Å². The van der Waals surface area contributed by atoms with Crippen LogP contribution < -0.4 is 9.47 Å². The number of hydrogen-bond donors (Lipinski definition) is 0. The molecule has 0 saturated carbocycles. The average Bonchev–Trinajstić information content (AvgIpc) is 2.87. The van der Waals surface area contributed by atoms with Gasteiger partial charge in [-0.05, 0) is 24.3 Å². The number of hydrogen-bond acceptors (Lipinski definition) is 4. The van der Waals surface area contributed by atoms with Crippen LogP contribution in [0.4, 0.5) is 0 Å². The number of carbonyl (C=O) groups excluding carboxylic acids is 1. The summed E-state index contributed by atoms with van der Waals surface area (Å²) in [6.45, 7) is 1.34. The summed E-state index contributed by atoms with van der Waals surface area (Å²) in [5.41, 5.74) is 2.75. The van der Waals surface area contributed by atoms with Crippen LogP contribution >= 0.6 is 0 Å². The molecule has 33 heavy (non-hydrogen) atoms. The summed E-state index contributed by atoms with van der Waals surface area (Å²) in [5.74, 6) is 2.12. The smallest absolute Gasteiger partial charge is 0.234 e. The van der Waals surface area contributed by atoms with E-state index >= 15 is 0 Å². The van der Waals surface area contributed by atoms with E-state index in [4.69, 9.17) is 9.47 Å². The van der Waals surface area contributed by atoms with Gasteiger partial charge < -0.3 is 14.4 Å². The van der Waals surface area contributed by atoms with Gasteiger partial charge >= 0.3 is 0 Å². The first kappa shape index (κ1) is 19.8. The van der Waals surface area contributed by atoms with Crippen LogP contribution in [-0.4, -0.2) is 35.0 Å². The number of pyridine rings is 1. The van der Waals surface area contributed by atoms with Crippen molar-refractivity contribution in [1.82, 2.24) is 9.88 Å². The van der Waals surface area contributed by atoms with Crippen LogP contribution in [0, 0.1) is 0 Å². The first-order valence-corrected chi connectivity index (χ1v) is 11.4. The second-order valence-electron chi connectivity index (χ2n) is 8.58. The van der Waals surface area contributed by atoms with Gasteiger partial charge in [0.25, 0.3) is 0 Å². The lowest BCUT2D eigenvalue weighted by atomic mass is 9.86. The summed E-state index contributed by atoms with van der Waals surface area (Å²) in [6.07, 6.45) is 3.44. The molecule has 0 atom stereocenters. The fourth-order valence-electron chi connectivity index (χ4n) is 4.90. The number of amides is 1. The van der Waals surface area contributed by atoms with Gasteiger partial charge in [-0.2, -0.15) is 0 Å². The minimum atomic E-state index is -0.342. The summed E-state index contributed by atoms with van der Waals surface area (Å²) in [4.78, 5) is 20.2. The first-order valence-electron chi connectivity index (χ1n) is 11.4. The minimum Gasteiger partial charge on any atom is -0.488 e. The fourth-order valence-corrected chi connectivity index (χ4v) is 4.90. The van der Waals surface area contributed by atoms with Crippen LogP contribution in [-0.2, 0) is 4.79 Å². The Labute approximate surface area is 192 Å². The predicted octanol–water partition coefficient (Wildman–Crippen LogP) is 5.54. The number of ether oxygens (including phenoxy) is 2. The van der Waals surface area contributed by atoms with E-state index in [1.165, 1.54) is 0 Å². The topological polar surface area (TPSA) is 51.7 Å². The molecule has 2 aliphatic heterocycles. The van der Waals surface area contributed by atoms with E-state index in [2.05, 4.69) is 4.98 Å². The van der Waals surface area contributed by atoms with Crippen molar-refractivity contribution in [2.75, 3.05) is 13.1 Å². The zero-order chi connectivity index (χ0) is 22.2. The fraction of sp³-hybridized carbons (Fsp3) is 0.214. The van der Waals surface area contributed by atoms with Gasteiger partial charge in [0.15, 0.2) is 0 Å². The monoisotopic (exact) mass is 436 g/mol. The summed E-state index contributed by atoms with van der Waals surface area (Å²) in [6, 6.07) is 25.7. The maximum atomic E-state index is 13.7. The van der Waals surface area contributed by atoms with E-state index < -0.39 is 0 Å². The Morgan fingerprint density at radius 1 is 0.848 bits per heavy atom. The molecule has 0 aliphatic carbocycles. The average molecular weight is 437 g/mol. The van der Waals surface area contributed by atoms with E-state index in [-0.39, 0.29) is 17.9 Å². The van der Waals surface area contributed by atoms with Gasteiger partial charge in [-0.3, -0.25) is 9.78 Å². The SMILES string of the molecule is O=C(C1c2ccccc2Oc2ccccc21)N1CCC(Oc2cccc3cccnc23)CC1. The molecule has 164 valence electrons. The maximum Gasteiger partial charge on any atom is 0.234 e. The van der Waals surface area contributed by atoms with Crippen molar-refractivity contribution in [3.63, 3.8) is 0 Å². The van der Waals surface area contributed by atoms with E-state index in [0.717, 1.165) is 52.1 Å². The number of piperidine rings is 1. The summed E-state index contributed by atoms with van der Waals surface area (Å²) in [5, 5.41) is 1.07. The lowest BCUT2D eigenvalue weighted by molar-refractivity contribution is -0.133. The molecule has 5 heteroatoms. The molecule has 0 N–H and O–H groups in total. The highest BCUT2D eigenvalue weighted by Gasteiger charge is 2.36. The number of likely N-dealkylation sites (tertiary alicyclic amines) is 1. The molecule has 2 aliphatic rings. The van der Waals surface area contributed by atoms with Gasteiger partial charge in [-0.15, -0.1) is 0 Å². The van der Waals surface area contributed by atoms with Crippen molar-refractivity contribution in [3.05, 3.63) is 96.2 Å². The van der Waals surface area contributed by atoms with Crippen LogP contribution in [0.2, 0.25) is 0 Å². The van der Waals surface area contributed by atoms with Crippen molar-refractivity contribution in [2.24, 2.45) is 0 Å². The largest absolute Gasteiger partial charge is 0.488 e. The Balaban J connectivity index is 1.20. The van der Waals surface area contributed by atoms with E-state index in [1.54, 1.807) is 6.20 Å². The molecule has 0 unspecified atom stereocenters. The molecule has 0 bridgehead atoms. The Kier molecular flexibility index (Phi) is 4.95. The van der Waals surface area contributed by atoms with Gasteiger partial charge in [0.05, 0.1) is 5.92 Å². The van der Waals surface area contributed by atoms with Crippen LogP contribution in [0.3, 0.4) is 0 Å². The molecule has 4 aromatic rings. The Morgan fingerprint density at radius 3 is 2.24 bits per heavy atom. The number of rotatable bonds is 3. The molecular formula is C28H24N2O3. The van der Waals surface area contributed by atoms with Crippen molar-refractivity contribution >= 4 is 16.8 Å². The second kappa shape index (κ2) is 8.24. The number of benzene rings is 3. The van der Waals surface area contributed by atoms with Crippen molar-refractivity contribution in [3.8, 4) is 17.2 Å². The summed E-state index contributed by atoms with van der Waals surface area (Å²) < 4.78 is 12.4. The molecule has 1 fully saturated rings. The Morgan fingerprint density at radius 2 is 1.52 bits per heavy atom. The van der Waals surface area contributed by atoms with Gasteiger partial charge in [0, 0.05) is 48.6 Å². The summed E-state index contributed by atoms with van der Waals surface area (Å²) >= 11 is 0. The van der Waals surface area contributed by atoms with E-state index in [1.807, 2.05) is 83.8 Å². The highest BCUT2D eigenvalue weighted by atomic mass is 16.5. The highest BCUT2D eigenvalue weighted by molar-refractivity contribution is 5.90. The molecule has 3 heterocycles. The molecule has 3 aromatic carbocycles. The maximum absolute atomic E-state index is 13.7. The molecular weight excluding hydrogens is 412 g/mol. The molecule has 1 aromatic heterocycles. The van der Waals surface area contributed by atoms with Crippen LogP contribution in [0.25, 0.3) is 10.9 Å². The third kappa shape index (κ3) is 3.59. The number of fused-ring (bicyclic) bond motifs is 3. The Hall–Kier alpha value is -3.86. The lowest BCUT2D eigenvalue weighted by Crippen LogP contribution is -2.44. The number of para-hydroxylation sites is 3. The first-order chi connectivity index (χ1) is 16.3. The highest BCUT2D eigenvalue weighted by Crippen LogP contribution is 2.44. The van der Waals surface area contributed by atoms with Crippen molar-refractivity contribution in [1.29, 1.82) is 0 Å². The van der Waals surface area contributed by atoms with Crippen molar-refractivity contribution in [2.45, 2.75) is 24.9 Å². The third-order valence-corrected chi connectivity index (χ3v) is 6.57. The number of aromatic nitrogens is 1. The minimum absolute atomic E-state index is 0.0657. The standard InChI is InChI=1S/C28H24N2O3/c31-28(26-21-9-1-3-11-23(21)33-24-12-4-2-10-22(24)26)30-17-14-20(15-18-30)32-25-13-5-7-19-8-6-16-29-27(19)25/h1-13,16,20,26H,14-15,17-18H2. The predicted molar refractivity (Wildman–Crippen MR) is 127 cm³/mol. The normalized spacial score (nSPS) is 16.1. The van der Waals surface area contributed by atoms with E-state index in [9.17, 15) is 4.79 Å². The van der Waals surface area contributed by atoms with Crippen LogP contribution in [0.5, 0.6) is 17.2 Å². The molecule has 6 rings (SSSR count).